The zero-order valence-corrected chi connectivity index (χ0v) is 16.9. The van der Waals surface area contributed by atoms with Gasteiger partial charge in [-0.3, -0.25) is 9.59 Å². The van der Waals surface area contributed by atoms with Crippen LogP contribution in [0.15, 0.2) is 23.1 Å². The van der Waals surface area contributed by atoms with Gasteiger partial charge in [-0.2, -0.15) is 4.31 Å². The molecular weight excluding hydrogens is 370 g/mol. The quantitative estimate of drug-likeness (QED) is 0.747. The maximum absolute atomic E-state index is 13.0. The van der Waals surface area contributed by atoms with Gasteiger partial charge in [-0.15, -0.1) is 0 Å². The molecule has 1 aromatic carbocycles. The third-order valence-corrected chi connectivity index (χ3v) is 6.74. The number of hydrogen-bond acceptors (Lipinski definition) is 5. The summed E-state index contributed by atoms with van der Waals surface area (Å²) in [7, 11) is -3.72. The largest absolute Gasteiger partial charge is 0.484 e. The van der Waals surface area contributed by atoms with Crippen LogP contribution in [0.25, 0.3) is 0 Å². The summed E-state index contributed by atoms with van der Waals surface area (Å²) < 4.78 is 33.3. The highest BCUT2D eigenvalue weighted by Gasteiger charge is 2.36. The molecule has 27 heavy (non-hydrogen) atoms. The van der Waals surface area contributed by atoms with E-state index in [0.29, 0.717) is 31.1 Å². The van der Waals surface area contributed by atoms with Gasteiger partial charge in [0.1, 0.15) is 11.4 Å². The molecule has 0 bridgehead atoms. The minimum Gasteiger partial charge on any atom is -0.484 e. The van der Waals surface area contributed by atoms with Gasteiger partial charge in [0.15, 0.2) is 0 Å². The Balaban J connectivity index is 1.91. The van der Waals surface area contributed by atoms with E-state index < -0.39 is 15.6 Å². The summed E-state index contributed by atoms with van der Waals surface area (Å²) >= 11 is 0. The second-order valence-electron chi connectivity index (χ2n) is 7.51. The van der Waals surface area contributed by atoms with Crippen LogP contribution in [0.3, 0.4) is 0 Å². The number of piperazine rings is 1. The molecule has 1 aromatic rings. The summed E-state index contributed by atoms with van der Waals surface area (Å²) in [5, 5.41) is 0. The molecule has 0 aromatic heterocycles. The highest BCUT2D eigenvalue weighted by molar-refractivity contribution is 7.89. The summed E-state index contributed by atoms with van der Waals surface area (Å²) in [6, 6.07) is 4.61. The number of rotatable bonds is 2. The number of ether oxygens (including phenoxy) is 1. The van der Waals surface area contributed by atoms with Crippen LogP contribution in [0.5, 0.6) is 5.75 Å². The Bertz CT molecular complexity index is 873. The molecule has 0 atom stereocenters. The van der Waals surface area contributed by atoms with Crippen LogP contribution in [0.4, 0.5) is 5.69 Å². The van der Waals surface area contributed by atoms with Gasteiger partial charge < -0.3 is 14.5 Å². The van der Waals surface area contributed by atoms with Crippen molar-refractivity contribution in [2.75, 3.05) is 37.6 Å². The van der Waals surface area contributed by atoms with Crippen molar-refractivity contribution in [3.63, 3.8) is 0 Å². The maximum Gasteiger partial charge on any atom is 0.243 e. The molecule has 0 radical (unpaired) electrons. The summed E-state index contributed by atoms with van der Waals surface area (Å²) in [6.45, 7) is 8.27. The first kappa shape index (κ1) is 19.6. The van der Waals surface area contributed by atoms with Gasteiger partial charge in [0.05, 0.1) is 17.1 Å². The standard InChI is InChI=1S/C18H25N3O5S/c1-13(22)19-7-9-20(10-8-19)27(24,25)15-5-6-17-16(11-15)21(14(2)23)12-18(3,4)26-17/h5-6,11H,7-10,12H2,1-4H3. The average Bonchev–Trinajstić information content (AvgIpc) is 2.59. The van der Waals surface area contributed by atoms with E-state index >= 15 is 0 Å². The fourth-order valence-electron chi connectivity index (χ4n) is 3.42. The summed E-state index contributed by atoms with van der Waals surface area (Å²) in [4.78, 5) is 26.8. The SMILES string of the molecule is CC(=O)N1CCN(S(=O)(=O)c2ccc3c(c2)N(C(C)=O)CC(C)(C)O3)CC1. The number of sulfonamides is 1. The molecule has 0 aliphatic carbocycles. The molecular formula is C18H25N3O5S. The molecule has 0 N–H and O–H groups in total. The number of fused-ring (bicyclic) bond motifs is 1. The number of nitrogens with zero attached hydrogens (tertiary/aromatic N) is 3. The molecule has 148 valence electrons. The van der Waals surface area contributed by atoms with E-state index in [1.54, 1.807) is 15.9 Å². The van der Waals surface area contributed by atoms with E-state index in [2.05, 4.69) is 0 Å². The molecule has 2 aliphatic heterocycles. The van der Waals surface area contributed by atoms with Crippen molar-refractivity contribution in [2.45, 2.75) is 38.2 Å². The number of anilines is 1. The number of carbonyl (C=O) groups is 2. The zero-order chi connectivity index (χ0) is 20.0. The predicted molar refractivity (Wildman–Crippen MR) is 100 cm³/mol. The first-order valence-electron chi connectivity index (χ1n) is 8.88. The highest BCUT2D eigenvalue weighted by Crippen LogP contribution is 2.39. The van der Waals surface area contributed by atoms with Gasteiger partial charge in [0.2, 0.25) is 21.8 Å². The van der Waals surface area contributed by atoms with Crippen molar-refractivity contribution < 1.29 is 22.7 Å². The van der Waals surface area contributed by atoms with Crippen LogP contribution in [0.2, 0.25) is 0 Å². The molecule has 3 rings (SSSR count). The molecule has 1 saturated heterocycles. The highest BCUT2D eigenvalue weighted by atomic mass is 32.2. The fourth-order valence-corrected chi connectivity index (χ4v) is 4.87. The van der Waals surface area contributed by atoms with Gasteiger partial charge in [-0.05, 0) is 32.0 Å². The normalized spacial score (nSPS) is 20.0. The zero-order valence-electron chi connectivity index (χ0n) is 16.1. The molecule has 1 fully saturated rings. The van der Waals surface area contributed by atoms with Gasteiger partial charge in [-0.25, -0.2) is 8.42 Å². The van der Waals surface area contributed by atoms with E-state index in [1.165, 1.54) is 30.3 Å². The molecule has 0 saturated carbocycles. The second kappa shape index (κ2) is 6.79. The monoisotopic (exact) mass is 395 g/mol. The van der Waals surface area contributed by atoms with Gasteiger partial charge in [0.25, 0.3) is 0 Å². The van der Waals surface area contributed by atoms with Crippen LogP contribution in [-0.2, 0) is 19.6 Å². The van der Waals surface area contributed by atoms with Crippen LogP contribution in [-0.4, -0.2) is 67.8 Å². The second-order valence-corrected chi connectivity index (χ2v) is 9.44. The minimum absolute atomic E-state index is 0.0577. The molecule has 2 aliphatic rings. The van der Waals surface area contributed by atoms with Crippen molar-refractivity contribution in [1.82, 2.24) is 9.21 Å². The van der Waals surface area contributed by atoms with E-state index in [1.807, 2.05) is 13.8 Å². The van der Waals surface area contributed by atoms with Crippen LogP contribution < -0.4 is 9.64 Å². The fraction of sp³-hybridized carbons (Fsp3) is 0.556. The van der Waals surface area contributed by atoms with E-state index in [9.17, 15) is 18.0 Å². The lowest BCUT2D eigenvalue weighted by atomic mass is 10.1. The first-order chi connectivity index (χ1) is 12.5. The van der Waals surface area contributed by atoms with Crippen molar-refractivity contribution >= 4 is 27.5 Å². The Labute approximate surface area is 159 Å². The van der Waals surface area contributed by atoms with E-state index in [0.717, 1.165) is 0 Å². The Morgan fingerprint density at radius 1 is 1.04 bits per heavy atom. The molecule has 9 heteroatoms. The van der Waals surface area contributed by atoms with Crippen LogP contribution in [0.1, 0.15) is 27.7 Å². The third-order valence-electron chi connectivity index (χ3n) is 4.85. The lowest BCUT2D eigenvalue weighted by Crippen LogP contribution is -2.50. The lowest BCUT2D eigenvalue weighted by Gasteiger charge is -2.39. The van der Waals surface area contributed by atoms with Crippen molar-refractivity contribution in [3.05, 3.63) is 18.2 Å². The molecule has 2 heterocycles. The van der Waals surface area contributed by atoms with E-state index in [-0.39, 0.29) is 29.8 Å². The lowest BCUT2D eigenvalue weighted by molar-refractivity contribution is -0.130. The Morgan fingerprint density at radius 3 is 2.22 bits per heavy atom. The molecule has 8 nitrogen and oxygen atoms in total. The summed E-state index contributed by atoms with van der Waals surface area (Å²) in [5.74, 6) is 0.261. The number of carbonyl (C=O) groups excluding carboxylic acids is 2. The minimum atomic E-state index is -3.72. The molecule has 0 unspecified atom stereocenters. The first-order valence-corrected chi connectivity index (χ1v) is 10.3. The van der Waals surface area contributed by atoms with Crippen molar-refractivity contribution in [1.29, 1.82) is 0 Å². The molecule has 0 spiro atoms. The van der Waals surface area contributed by atoms with Crippen molar-refractivity contribution in [3.8, 4) is 5.75 Å². The Morgan fingerprint density at radius 2 is 1.67 bits per heavy atom. The Hall–Kier alpha value is -2.13. The summed E-state index contributed by atoms with van der Waals surface area (Å²) in [6.07, 6.45) is 0. The average molecular weight is 395 g/mol. The summed E-state index contributed by atoms with van der Waals surface area (Å²) in [5.41, 5.74) is -0.0903. The van der Waals surface area contributed by atoms with Gasteiger partial charge in [0, 0.05) is 40.0 Å². The smallest absolute Gasteiger partial charge is 0.243 e. The third kappa shape index (κ3) is 3.79. The number of amides is 2. The predicted octanol–water partition coefficient (Wildman–Crippen LogP) is 1.06. The van der Waals surface area contributed by atoms with Crippen LogP contribution in [0, 0.1) is 0 Å². The number of hydrogen-bond donors (Lipinski definition) is 0. The molecule has 2 amide bonds. The maximum atomic E-state index is 13.0. The van der Waals surface area contributed by atoms with Crippen molar-refractivity contribution in [2.24, 2.45) is 0 Å². The number of benzene rings is 1. The van der Waals surface area contributed by atoms with Gasteiger partial charge in [-0.1, -0.05) is 0 Å². The topological polar surface area (TPSA) is 87.2 Å². The van der Waals surface area contributed by atoms with E-state index in [4.69, 9.17) is 4.74 Å². The van der Waals surface area contributed by atoms with Gasteiger partial charge >= 0.3 is 0 Å². The van der Waals surface area contributed by atoms with Crippen LogP contribution >= 0.6 is 0 Å². The Kier molecular flexibility index (Phi) is 4.94.